The average Bonchev–Trinajstić information content (AvgIpc) is 2.68. The van der Waals surface area contributed by atoms with E-state index in [-0.39, 0.29) is 18.0 Å². The van der Waals surface area contributed by atoms with E-state index >= 15 is 0 Å². The zero-order chi connectivity index (χ0) is 18.6. The fourth-order valence-electron chi connectivity index (χ4n) is 4.35. The molecule has 3 nitrogen and oxygen atoms in total. The van der Waals surface area contributed by atoms with Crippen molar-refractivity contribution in [1.82, 2.24) is 0 Å². The highest BCUT2D eigenvalue weighted by Gasteiger charge is 2.50. The summed E-state index contributed by atoms with van der Waals surface area (Å²) in [5.74, 6) is -0.229. The second-order valence-corrected chi connectivity index (χ2v) is 7.60. The van der Waals surface area contributed by atoms with Crippen LogP contribution in [0.1, 0.15) is 55.5 Å². The largest absolute Gasteiger partial charge is 0.457 e. The Labute approximate surface area is 156 Å². The van der Waals surface area contributed by atoms with Crippen LogP contribution >= 0.6 is 0 Å². The number of carbonyl (C=O) groups excluding carboxylic acids is 1. The lowest BCUT2D eigenvalue weighted by Gasteiger charge is -2.48. The van der Waals surface area contributed by atoms with E-state index in [1.807, 2.05) is 36.4 Å². The molecule has 138 valence electrons. The van der Waals surface area contributed by atoms with Gasteiger partial charge in [-0.1, -0.05) is 75.2 Å². The molecular formula is C23H28O3. The van der Waals surface area contributed by atoms with Crippen LogP contribution in [0.2, 0.25) is 0 Å². The Morgan fingerprint density at radius 2 is 1.65 bits per heavy atom. The molecule has 0 saturated heterocycles. The molecule has 1 aliphatic carbocycles. The van der Waals surface area contributed by atoms with Crippen LogP contribution in [0.3, 0.4) is 0 Å². The quantitative estimate of drug-likeness (QED) is 0.791. The minimum Gasteiger partial charge on any atom is -0.457 e. The van der Waals surface area contributed by atoms with Crippen LogP contribution in [0.15, 0.2) is 60.7 Å². The van der Waals surface area contributed by atoms with Gasteiger partial charge in [0.1, 0.15) is 6.10 Å². The molecule has 0 bridgehead atoms. The number of carbonyl (C=O) groups is 1. The van der Waals surface area contributed by atoms with Gasteiger partial charge in [-0.25, -0.2) is 4.79 Å². The molecule has 1 saturated carbocycles. The van der Waals surface area contributed by atoms with Crippen molar-refractivity contribution >= 4 is 5.97 Å². The van der Waals surface area contributed by atoms with Crippen molar-refractivity contribution in [3.63, 3.8) is 0 Å². The number of hydrogen-bond acceptors (Lipinski definition) is 3. The normalized spacial score (nSPS) is 24.2. The average molecular weight is 352 g/mol. The molecule has 3 heteroatoms. The van der Waals surface area contributed by atoms with Gasteiger partial charge in [-0.2, -0.15) is 0 Å². The van der Waals surface area contributed by atoms with Gasteiger partial charge in [0.25, 0.3) is 0 Å². The van der Waals surface area contributed by atoms with Gasteiger partial charge in [0, 0.05) is 0 Å². The van der Waals surface area contributed by atoms with Crippen LogP contribution in [0.5, 0.6) is 0 Å². The van der Waals surface area contributed by atoms with Crippen LogP contribution in [0.25, 0.3) is 0 Å². The highest BCUT2D eigenvalue weighted by Crippen LogP contribution is 2.46. The predicted octanol–water partition coefficient (Wildman–Crippen LogP) is 4.74. The molecule has 0 heterocycles. The first-order chi connectivity index (χ1) is 12.6. The van der Waals surface area contributed by atoms with E-state index in [9.17, 15) is 9.90 Å². The van der Waals surface area contributed by atoms with E-state index in [1.165, 1.54) is 0 Å². The summed E-state index contributed by atoms with van der Waals surface area (Å²) in [5.41, 5.74) is 1.05. The lowest BCUT2D eigenvalue weighted by molar-refractivity contribution is -0.0729. The fraction of sp³-hybridized carbons (Fsp3) is 0.435. The molecule has 3 atom stereocenters. The summed E-state index contributed by atoms with van der Waals surface area (Å²) in [6.07, 6.45) is 2.69. The van der Waals surface area contributed by atoms with E-state index in [4.69, 9.17) is 4.74 Å². The molecule has 1 aliphatic rings. The molecule has 26 heavy (non-hydrogen) atoms. The highest BCUT2D eigenvalue weighted by molar-refractivity contribution is 5.89. The van der Waals surface area contributed by atoms with Crippen molar-refractivity contribution in [3.05, 3.63) is 71.8 Å². The highest BCUT2D eigenvalue weighted by atomic mass is 16.5. The SMILES string of the molecule is CC(C)[C@H](OC(=O)c1ccccc1)[C@]1(c2ccccc2)CCCC[C@@H]1O. The Hall–Kier alpha value is -2.13. The Morgan fingerprint density at radius 1 is 1.04 bits per heavy atom. The first kappa shape index (κ1) is 18.7. The second-order valence-electron chi connectivity index (χ2n) is 7.60. The van der Waals surface area contributed by atoms with Crippen molar-refractivity contribution < 1.29 is 14.6 Å². The van der Waals surface area contributed by atoms with Crippen molar-refractivity contribution in [1.29, 1.82) is 0 Å². The predicted molar refractivity (Wildman–Crippen MR) is 103 cm³/mol. The maximum absolute atomic E-state index is 12.8. The standard InChI is InChI=1S/C23H28O3/c1-17(2)21(26-22(25)18-11-5-3-6-12-18)23(16-10-9-15-20(23)24)19-13-7-4-8-14-19/h3-8,11-14,17,20-21,24H,9-10,15-16H2,1-2H3/t20-,21-,23-/m0/s1. The molecular weight excluding hydrogens is 324 g/mol. The summed E-state index contributed by atoms with van der Waals surface area (Å²) in [7, 11) is 0. The molecule has 2 aromatic rings. The van der Waals surface area contributed by atoms with Crippen molar-refractivity contribution in [2.75, 3.05) is 0 Å². The molecule has 0 aromatic heterocycles. The van der Waals surface area contributed by atoms with Crippen LogP contribution in [0, 0.1) is 5.92 Å². The first-order valence-electron chi connectivity index (χ1n) is 9.55. The third-order valence-corrected chi connectivity index (χ3v) is 5.58. The Morgan fingerprint density at radius 3 is 2.23 bits per heavy atom. The second kappa shape index (κ2) is 8.05. The molecule has 2 aromatic carbocycles. The van der Waals surface area contributed by atoms with Gasteiger partial charge in [-0.15, -0.1) is 0 Å². The number of aliphatic hydroxyl groups excluding tert-OH is 1. The topological polar surface area (TPSA) is 46.5 Å². The maximum Gasteiger partial charge on any atom is 0.338 e. The number of esters is 1. The van der Waals surface area contributed by atoms with Gasteiger partial charge in [-0.05, 0) is 36.5 Å². The first-order valence-corrected chi connectivity index (χ1v) is 9.55. The molecule has 0 radical (unpaired) electrons. The van der Waals surface area contributed by atoms with Gasteiger partial charge in [0.2, 0.25) is 0 Å². The van der Waals surface area contributed by atoms with Crippen LogP contribution in [0.4, 0.5) is 0 Å². The zero-order valence-electron chi connectivity index (χ0n) is 15.6. The molecule has 0 aliphatic heterocycles. The van der Waals surface area contributed by atoms with Crippen molar-refractivity contribution in [3.8, 4) is 0 Å². The number of hydrogen-bond donors (Lipinski definition) is 1. The summed E-state index contributed by atoms with van der Waals surface area (Å²) >= 11 is 0. The number of aliphatic hydroxyl groups is 1. The summed E-state index contributed by atoms with van der Waals surface area (Å²) in [4.78, 5) is 12.8. The van der Waals surface area contributed by atoms with Crippen molar-refractivity contribution in [2.45, 2.75) is 57.2 Å². The minimum atomic E-state index is -0.557. The molecule has 0 spiro atoms. The molecule has 1 N–H and O–H groups in total. The fourth-order valence-corrected chi connectivity index (χ4v) is 4.35. The van der Waals surface area contributed by atoms with E-state index in [1.54, 1.807) is 12.1 Å². The Kier molecular flexibility index (Phi) is 5.77. The summed E-state index contributed by atoms with van der Waals surface area (Å²) < 4.78 is 6.07. The number of benzene rings is 2. The number of ether oxygens (including phenoxy) is 1. The van der Waals surface area contributed by atoms with E-state index in [0.29, 0.717) is 5.56 Å². The van der Waals surface area contributed by atoms with E-state index < -0.39 is 11.5 Å². The third kappa shape index (κ3) is 3.54. The lowest BCUT2D eigenvalue weighted by Crippen LogP contribution is -2.54. The van der Waals surface area contributed by atoms with Gasteiger partial charge >= 0.3 is 5.97 Å². The van der Waals surface area contributed by atoms with E-state index in [0.717, 1.165) is 31.2 Å². The summed E-state index contributed by atoms with van der Waals surface area (Å²) in [6, 6.07) is 19.2. The zero-order valence-corrected chi connectivity index (χ0v) is 15.6. The maximum atomic E-state index is 12.8. The van der Waals surface area contributed by atoms with Gasteiger partial charge < -0.3 is 9.84 Å². The molecule has 0 amide bonds. The van der Waals surface area contributed by atoms with Crippen LogP contribution in [-0.4, -0.2) is 23.3 Å². The van der Waals surface area contributed by atoms with Crippen LogP contribution < -0.4 is 0 Å². The smallest absolute Gasteiger partial charge is 0.338 e. The molecule has 3 rings (SSSR count). The van der Waals surface area contributed by atoms with Crippen LogP contribution in [-0.2, 0) is 10.2 Å². The number of rotatable bonds is 5. The monoisotopic (exact) mass is 352 g/mol. The summed E-state index contributed by atoms with van der Waals surface area (Å²) in [5, 5.41) is 11.1. The summed E-state index contributed by atoms with van der Waals surface area (Å²) in [6.45, 7) is 4.13. The Balaban J connectivity index is 2.00. The third-order valence-electron chi connectivity index (χ3n) is 5.58. The van der Waals surface area contributed by atoms with Gasteiger partial charge in [-0.3, -0.25) is 0 Å². The minimum absolute atomic E-state index is 0.0932. The molecule has 0 unspecified atom stereocenters. The van der Waals surface area contributed by atoms with Gasteiger partial charge in [0.05, 0.1) is 17.1 Å². The molecule has 1 fully saturated rings. The Bertz CT molecular complexity index is 711. The van der Waals surface area contributed by atoms with Crippen molar-refractivity contribution in [2.24, 2.45) is 5.92 Å². The van der Waals surface area contributed by atoms with E-state index in [2.05, 4.69) is 26.0 Å². The lowest BCUT2D eigenvalue weighted by atomic mass is 9.61. The van der Waals surface area contributed by atoms with Gasteiger partial charge in [0.15, 0.2) is 0 Å².